The average Bonchev–Trinajstić information content (AvgIpc) is 2.97. The van der Waals surface area contributed by atoms with Crippen molar-refractivity contribution in [3.8, 4) is 5.75 Å². The van der Waals surface area contributed by atoms with Gasteiger partial charge in [0.1, 0.15) is 5.75 Å². The maximum Gasteiger partial charge on any atom is 0.316 e. The van der Waals surface area contributed by atoms with Crippen molar-refractivity contribution in [1.82, 2.24) is 0 Å². The van der Waals surface area contributed by atoms with Crippen molar-refractivity contribution < 1.29 is 19.1 Å². The lowest BCUT2D eigenvalue weighted by Crippen LogP contribution is -2.27. The molecule has 1 aliphatic rings. The van der Waals surface area contributed by atoms with Gasteiger partial charge in [-0.2, -0.15) is 0 Å². The number of anilines is 1. The fraction of sp³-hybridized carbons (Fsp3) is 0.250. The van der Waals surface area contributed by atoms with Gasteiger partial charge in [0, 0.05) is 24.2 Å². The van der Waals surface area contributed by atoms with Crippen LogP contribution in [0.4, 0.5) is 5.69 Å². The topological polar surface area (TPSA) is 63.7 Å². The van der Waals surface area contributed by atoms with E-state index in [4.69, 9.17) is 4.74 Å². The Hall–Kier alpha value is -2.95. The summed E-state index contributed by atoms with van der Waals surface area (Å²) in [6.45, 7) is 3.75. The largest absolute Gasteiger partial charge is 0.426 e. The molecule has 1 atom stereocenters. The van der Waals surface area contributed by atoms with Crippen LogP contribution < -0.4 is 9.64 Å². The van der Waals surface area contributed by atoms with E-state index in [9.17, 15) is 14.4 Å². The smallest absolute Gasteiger partial charge is 0.316 e. The van der Waals surface area contributed by atoms with Gasteiger partial charge in [0.25, 0.3) is 0 Å². The minimum atomic E-state index is -0.500. The van der Waals surface area contributed by atoms with E-state index in [1.165, 1.54) is 6.92 Å². The van der Waals surface area contributed by atoms with Crippen molar-refractivity contribution in [3.63, 3.8) is 0 Å². The number of ketones is 1. The molecule has 0 unspecified atom stereocenters. The second-order valence-corrected chi connectivity index (χ2v) is 6.25. The van der Waals surface area contributed by atoms with E-state index in [-0.39, 0.29) is 18.1 Å². The molecule has 1 heterocycles. The summed E-state index contributed by atoms with van der Waals surface area (Å²) in [6, 6.07) is 14.0. The number of aryl methyl sites for hydroxylation is 1. The van der Waals surface area contributed by atoms with Gasteiger partial charge in [-0.15, -0.1) is 0 Å². The number of benzene rings is 2. The quantitative estimate of drug-likeness (QED) is 0.488. The number of rotatable bonds is 4. The second-order valence-electron chi connectivity index (χ2n) is 6.25. The van der Waals surface area contributed by atoms with Crippen molar-refractivity contribution in [2.75, 3.05) is 11.4 Å². The molecule has 1 fully saturated rings. The molecule has 0 spiro atoms. The van der Waals surface area contributed by atoms with Gasteiger partial charge < -0.3 is 9.64 Å². The van der Waals surface area contributed by atoms with Crippen LogP contribution in [0.5, 0.6) is 5.75 Å². The Morgan fingerprint density at radius 1 is 1.12 bits per heavy atom. The summed E-state index contributed by atoms with van der Waals surface area (Å²) >= 11 is 0. The average molecular weight is 337 g/mol. The van der Waals surface area contributed by atoms with Gasteiger partial charge in [-0.1, -0.05) is 12.1 Å². The Morgan fingerprint density at radius 3 is 2.48 bits per heavy atom. The lowest BCUT2D eigenvalue weighted by atomic mass is 10.1. The van der Waals surface area contributed by atoms with Crippen LogP contribution in [0.25, 0.3) is 0 Å². The number of hydrogen-bond donors (Lipinski definition) is 0. The number of carbonyl (C=O) groups excluding carboxylic acids is 3. The van der Waals surface area contributed by atoms with Crippen LogP contribution in [0.1, 0.15) is 29.3 Å². The van der Waals surface area contributed by atoms with E-state index >= 15 is 0 Å². The molecule has 0 aliphatic carbocycles. The van der Waals surface area contributed by atoms with E-state index in [1.54, 1.807) is 29.2 Å². The third-order valence-electron chi connectivity index (χ3n) is 4.25. The van der Waals surface area contributed by atoms with Crippen molar-refractivity contribution in [2.24, 2.45) is 5.92 Å². The number of ether oxygens (including phenoxy) is 1. The van der Waals surface area contributed by atoms with Crippen LogP contribution in [-0.2, 0) is 9.59 Å². The number of esters is 1. The highest BCUT2D eigenvalue weighted by molar-refractivity contribution is 5.99. The SMILES string of the molecule is CC(=O)c1ccc(OC(=O)[C@H]2CC(=O)N(c3cccc(C)c3)C2)cc1. The lowest BCUT2D eigenvalue weighted by molar-refractivity contribution is -0.139. The first-order valence-corrected chi connectivity index (χ1v) is 8.14. The number of amides is 1. The van der Waals surface area contributed by atoms with Crippen molar-refractivity contribution in [1.29, 1.82) is 0 Å². The highest BCUT2D eigenvalue weighted by Gasteiger charge is 2.36. The summed E-state index contributed by atoms with van der Waals surface area (Å²) in [4.78, 5) is 37.5. The van der Waals surface area contributed by atoms with Crippen LogP contribution in [-0.4, -0.2) is 24.2 Å². The molecule has 5 nitrogen and oxygen atoms in total. The summed E-state index contributed by atoms with van der Waals surface area (Å²) in [5.74, 6) is -0.691. The highest BCUT2D eigenvalue weighted by Crippen LogP contribution is 2.27. The Bertz CT molecular complexity index is 826. The van der Waals surface area contributed by atoms with Gasteiger partial charge >= 0.3 is 5.97 Å². The molecule has 0 saturated carbocycles. The molecule has 0 N–H and O–H groups in total. The summed E-state index contributed by atoms with van der Waals surface area (Å²) in [5.41, 5.74) is 2.41. The van der Waals surface area contributed by atoms with Gasteiger partial charge in [-0.3, -0.25) is 14.4 Å². The maximum absolute atomic E-state index is 12.4. The zero-order valence-electron chi connectivity index (χ0n) is 14.2. The number of Topliss-reactive ketones (excluding diaryl/α,β-unsaturated/α-hetero) is 1. The molecule has 25 heavy (non-hydrogen) atoms. The molecule has 2 aromatic carbocycles. The fourth-order valence-electron chi connectivity index (χ4n) is 2.87. The Labute approximate surface area is 146 Å². The molecular weight excluding hydrogens is 318 g/mol. The molecule has 0 radical (unpaired) electrons. The first-order chi connectivity index (χ1) is 11.9. The fourth-order valence-corrected chi connectivity index (χ4v) is 2.87. The predicted octanol–water partition coefficient (Wildman–Crippen LogP) is 3.16. The molecule has 1 amide bonds. The summed E-state index contributed by atoms with van der Waals surface area (Å²) in [6.07, 6.45) is 0.137. The second kappa shape index (κ2) is 6.89. The van der Waals surface area contributed by atoms with Crippen molar-refractivity contribution in [2.45, 2.75) is 20.3 Å². The summed E-state index contributed by atoms with van der Waals surface area (Å²) in [5, 5.41) is 0. The van der Waals surface area contributed by atoms with Gasteiger partial charge in [0.15, 0.2) is 5.78 Å². The minimum absolute atomic E-state index is 0.0481. The maximum atomic E-state index is 12.4. The molecule has 0 bridgehead atoms. The highest BCUT2D eigenvalue weighted by atomic mass is 16.5. The predicted molar refractivity (Wildman–Crippen MR) is 93.7 cm³/mol. The molecule has 1 aliphatic heterocycles. The molecule has 0 aromatic heterocycles. The lowest BCUT2D eigenvalue weighted by Gasteiger charge is -2.17. The third-order valence-corrected chi connectivity index (χ3v) is 4.25. The van der Waals surface area contributed by atoms with E-state index in [0.717, 1.165) is 11.3 Å². The normalized spacial score (nSPS) is 16.8. The van der Waals surface area contributed by atoms with E-state index in [2.05, 4.69) is 0 Å². The number of hydrogen-bond acceptors (Lipinski definition) is 4. The minimum Gasteiger partial charge on any atom is -0.426 e. The standard InChI is InChI=1S/C20H19NO4/c1-13-4-3-5-17(10-13)21-12-16(11-19(21)23)20(24)25-18-8-6-15(7-9-18)14(2)22/h3-10,16H,11-12H2,1-2H3/t16-/m0/s1. The molecule has 3 rings (SSSR count). The van der Waals surface area contributed by atoms with Gasteiger partial charge in [-0.25, -0.2) is 0 Å². The first-order valence-electron chi connectivity index (χ1n) is 8.14. The van der Waals surface area contributed by atoms with E-state index in [1.807, 2.05) is 31.2 Å². The van der Waals surface area contributed by atoms with Crippen molar-refractivity contribution in [3.05, 3.63) is 59.7 Å². The molecule has 2 aromatic rings. The molecular formula is C20H19NO4. The first kappa shape index (κ1) is 16.9. The Morgan fingerprint density at radius 2 is 1.84 bits per heavy atom. The molecule has 128 valence electrons. The third kappa shape index (κ3) is 3.76. The van der Waals surface area contributed by atoms with Crippen molar-refractivity contribution >= 4 is 23.3 Å². The Kier molecular flexibility index (Phi) is 4.65. The molecule has 1 saturated heterocycles. The summed E-state index contributed by atoms with van der Waals surface area (Å²) in [7, 11) is 0. The zero-order valence-corrected chi connectivity index (χ0v) is 14.2. The van der Waals surface area contributed by atoms with Crippen LogP contribution in [0.15, 0.2) is 48.5 Å². The summed E-state index contributed by atoms with van der Waals surface area (Å²) < 4.78 is 5.36. The van der Waals surface area contributed by atoms with Crippen LogP contribution in [0.3, 0.4) is 0 Å². The monoisotopic (exact) mass is 337 g/mol. The van der Waals surface area contributed by atoms with Crippen LogP contribution in [0, 0.1) is 12.8 Å². The van der Waals surface area contributed by atoms with E-state index < -0.39 is 11.9 Å². The Balaban J connectivity index is 1.67. The van der Waals surface area contributed by atoms with Crippen LogP contribution in [0.2, 0.25) is 0 Å². The van der Waals surface area contributed by atoms with Crippen LogP contribution >= 0.6 is 0 Å². The number of carbonyl (C=O) groups is 3. The zero-order chi connectivity index (χ0) is 18.0. The number of nitrogens with zero attached hydrogens (tertiary/aromatic N) is 1. The van der Waals surface area contributed by atoms with Gasteiger partial charge in [0.2, 0.25) is 5.91 Å². The molecule has 5 heteroatoms. The van der Waals surface area contributed by atoms with Gasteiger partial charge in [-0.05, 0) is 55.8 Å². The van der Waals surface area contributed by atoms with E-state index in [0.29, 0.717) is 17.9 Å². The van der Waals surface area contributed by atoms with Gasteiger partial charge in [0.05, 0.1) is 5.92 Å².